The van der Waals surface area contributed by atoms with Gasteiger partial charge in [0.05, 0.1) is 5.56 Å². The number of aromatic carboxylic acids is 1. The highest BCUT2D eigenvalue weighted by molar-refractivity contribution is 6.29. The second-order valence-corrected chi connectivity index (χ2v) is 4.76. The van der Waals surface area contributed by atoms with Gasteiger partial charge in [-0.3, -0.25) is 0 Å². The molecule has 5 nitrogen and oxygen atoms in total. The van der Waals surface area contributed by atoms with E-state index in [1.54, 1.807) is 0 Å². The zero-order valence-corrected chi connectivity index (χ0v) is 11.5. The minimum atomic E-state index is -1.01. The second-order valence-electron chi connectivity index (χ2n) is 4.37. The lowest BCUT2D eigenvalue weighted by Gasteiger charge is -2.21. The monoisotopic (exact) mass is 271 g/mol. The summed E-state index contributed by atoms with van der Waals surface area (Å²) in [5.74, 6) is -0.529. The van der Waals surface area contributed by atoms with Crippen LogP contribution in [0.25, 0.3) is 0 Å². The van der Waals surface area contributed by atoms with Crippen molar-refractivity contribution >= 4 is 23.4 Å². The van der Waals surface area contributed by atoms with Crippen LogP contribution in [0.2, 0.25) is 5.15 Å². The van der Waals surface area contributed by atoms with Gasteiger partial charge in [-0.25, -0.2) is 9.78 Å². The number of rotatable bonds is 6. The summed E-state index contributed by atoms with van der Waals surface area (Å²) in [5, 5.41) is 12.1. The van der Waals surface area contributed by atoms with Gasteiger partial charge in [0.25, 0.3) is 0 Å². The minimum Gasteiger partial charge on any atom is -0.478 e. The molecule has 0 bridgehead atoms. The van der Waals surface area contributed by atoms with Crippen molar-refractivity contribution in [1.82, 2.24) is 9.88 Å². The van der Waals surface area contributed by atoms with Crippen LogP contribution in [-0.4, -0.2) is 47.1 Å². The molecule has 0 aliphatic carbocycles. The van der Waals surface area contributed by atoms with Crippen LogP contribution >= 0.6 is 11.6 Å². The van der Waals surface area contributed by atoms with Crippen LogP contribution in [-0.2, 0) is 0 Å². The summed E-state index contributed by atoms with van der Waals surface area (Å²) in [5.41, 5.74) is 0.134. The molecule has 100 valence electrons. The summed E-state index contributed by atoms with van der Waals surface area (Å²) in [7, 11) is 2.03. The van der Waals surface area contributed by atoms with Gasteiger partial charge in [-0.15, -0.1) is 0 Å². The van der Waals surface area contributed by atoms with Gasteiger partial charge in [0.15, 0.2) is 0 Å². The first-order chi connectivity index (χ1) is 8.40. The quantitative estimate of drug-likeness (QED) is 0.777. The van der Waals surface area contributed by atoms with E-state index in [1.807, 2.05) is 7.05 Å². The number of nitrogens with zero attached hydrogens (tertiary/aromatic N) is 2. The molecular weight excluding hydrogens is 254 g/mol. The van der Waals surface area contributed by atoms with Gasteiger partial charge in [0.2, 0.25) is 0 Å². The van der Waals surface area contributed by atoms with Gasteiger partial charge in [0, 0.05) is 19.1 Å². The molecule has 1 aromatic rings. The molecule has 1 heterocycles. The molecule has 0 aliphatic heterocycles. The van der Waals surface area contributed by atoms with E-state index in [2.05, 4.69) is 29.0 Å². The van der Waals surface area contributed by atoms with Crippen LogP contribution in [0.4, 0.5) is 5.82 Å². The Labute approximate surface area is 112 Å². The van der Waals surface area contributed by atoms with Crippen LogP contribution in [0.1, 0.15) is 24.2 Å². The summed E-state index contributed by atoms with van der Waals surface area (Å²) in [6, 6.07) is 3.27. The van der Waals surface area contributed by atoms with Gasteiger partial charge in [0.1, 0.15) is 11.0 Å². The van der Waals surface area contributed by atoms with Crippen molar-refractivity contribution in [3.05, 3.63) is 22.8 Å². The van der Waals surface area contributed by atoms with Crippen LogP contribution in [0.5, 0.6) is 0 Å². The molecule has 0 saturated heterocycles. The Bertz CT molecular complexity index is 424. The maximum absolute atomic E-state index is 10.9. The lowest BCUT2D eigenvalue weighted by Crippen LogP contribution is -2.31. The first-order valence-corrected chi connectivity index (χ1v) is 6.13. The summed E-state index contributed by atoms with van der Waals surface area (Å²) in [6.45, 7) is 5.75. The first-order valence-electron chi connectivity index (χ1n) is 5.75. The van der Waals surface area contributed by atoms with E-state index in [-0.39, 0.29) is 10.7 Å². The molecule has 18 heavy (non-hydrogen) atoms. The van der Waals surface area contributed by atoms with E-state index < -0.39 is 5.97 Å². The molecule has 6 heteroatoms. The van der Waals surface area contributed by atoms with Crippen LogP contribution in [0.3, 0.4) is 0 Å². The Morgan fingerprint density at radius 2 is 2.22 bits per heavy atom. The third-order valence-corrected chi connectivity index (χ3v) is 2.89. The SMILES string of the molecule is CC(C)N(C)CCNc1cc(C(=O)O)cc(Cl)n1. The highest BCUT2D eigenvalue weighted by atomic mass is 35.5. The van der Waals surface area contributed by atoms with Crippen LogP contribution in [0.15, 0.2) is 12.1 Å². The standard InChI is InChI=1S/C12H18ClN3O2/c1-8(2)16(3)5-4-14-11-7-9(12(17)18)6-10(13)15-11/h6-8H,4-5H2,1-3H3,(H,14,15)(H,17,18). The Morgan fingerprint density at radius 1 is 1.56 bits per heavy atom. The van der Waals surface area contributed by atoms with Crippen molar-refractivity contribution in [1.29, 1.82) is 0 Å². The second kappa shape index (κ2) is 6.56. The largest absolute Gasteiger partial charge is 0.478 e. The topological polar surface area (TPSA) is 65.5 Å². The van der Waals surface area contributed by atoms with E-state index in [4.69, 9.17) is 16.7 Å². The van der Waals surface area contributed by atoms with Crippen LogP contribution < -0.4 is 5.32 Å². The molecule has 2 N–H and O–H groups in total. The number of carboxylic acids is 1. The predicted octanol–water partition coefficient (Wildman–Crippen LogP) is 2.19. The molecule has 0 fully saturated rings. The highest BCUT2D eigenvalue weighted by Gasteiger charge is 2.08. The summed E-state index contributed by atoms with van der Waals surface area (Å²) < 4.78 is 0. The van der Waals surface area contributed by atoms with Gasteiger partial charge in [-0.2, -0.15) is 0 Å². The van der Waals surface area contributed by atoms with Crippen LogP contribution in [0, 0.1) is 0 Å². The van der Waals surface area contributed by atoms with Gasteiger partial charge in [-0.1, -0.05) is 11.6 Å². The lowest BCUT2D eigenvalue weighted by atomic mass is 10.2. The molecule has 0 unspecified atom stereocenters. The smallest absolute Gasteiger partial charge is 0.335 e. The molecule has 0 aliphatic rings. The summed E-state index contributed by atoms with van der Waals surface area (Å²) >= 11 is 5.76. The van der Waals surface area contributed by atoms with E-state index in [9.17, 15) is 4.79 Å². The van der Waals surface area contributed by atoms with Crippen molar-refractivity contribution in [3.63, 3.8) is 0 Å². The van der Waals surface area contributed by atoms with E-state index in [1.165, 1.54) is 12.1 Å². The first kappa shape index (κ1) is 14.7. The zero-order valence-electron chi connectivity index (χ0n) is 10.8. The number of nitrogens with one attached hydrogen (secondary N) is 1. The third-order valence-electron chi connectivity index (χ3n) is 2.69. The Kier molecular flexibility index (Phi) is 5.37. The van der Waals surface area contributed by atoms with Crippen molar-refractivity contribution in [2.75, 3.05) is 25.5 Å². The number of anilines is 1. The minimum absolute atomic E-state index is 0.134. The fraction of sp³-hybridized carbons (Fsp3) is 0.500. The van der Waals surface area contributed by atoms with Gasteiger partial charge >= 0.3 is 5.97 Å². The Balaban J connectivity index is 2.60. The number of halogens is 1. The van der Waals surface area contributed by atoms with E-state index in [0.29, 0.717) is 18.4 Å². The van der Waals surface area contributed by atoms with E-state index in [0.717, 1.165) is 6.54 Å². The molecule has 0 spiro atoms. The molecule has 0 radical (unpaired) electrons. The molecule has 1 rings (SSSR count). The number of pyridine rings is 1. The molecule has 0 saturated carbocycles. The molecule has 0 amide bonds. The summed E-state index contributed by atoms with van der Waals surface area (Å²) in [4.78, 5) is 17.1. The maximum atomic E-state index is 10.9. The molecule has 0 atom stereocenters. The molecular formula is C12H18ClN3O2. The third kappa shape index (κ3) is 4.50. The van der Waals surface area contributed by atoms with Gasteiger partial charge in [-0.05, 0) is 33.0 Å². The Morgan fingerprint density at radius 3 is 2.78 bits per heavy atom. The maximum Gasteiger partial charge on any atom is 0.335 e. The van der Waals surface area contributed by atoms with Gasteiger partial charge < -0.3 is 15.3 Å². The number of hydrogen-bond donors (Lipinski definition) is 2. The lowest BCUT2D eigenvalue weighted by molar-refractivity contribution is 0.0697. The Hall–Kier alpha value is -1.33. The number of hydrogen-bond acceptors (Lipinski definition) is 4. The number of aromatic nitrogens is 1. The van der Waals surface area contributed by atoms with Crippen molar-refractivity contribution < 1.29 is 9.90 Å². The summed E-state index contributed by atoms with van der Waals surface area (Å²) in [6.07, 6.45) is 0. The fourth-order valence-corrected chi connectivity index (χ4v) is 1.54. The average Bonchev–Trinajstić information content (AvgIpc) is 2.27. The predicted molar refractivity (Wildman–Crippen MR) is 72.5 cm³/mol. The zero-order chi connectivity index (χ0) is 13.7. The number of likely N-dealkylation sites (N-methyl/N-ethyl adjacent to an activating group) is 1. The molecule has 0 aromatic carbocycles. The number of carboxylic acid groups (broad SMARTS) is 1. The normalized spacial score (nSPS) is 11.0. The fourth-order valence-electron chi connectivity index (χ4n) is 1.33. The van der Waals surface area contributed by atoms with Crippen molar-refractivity contribution in [2.45, 2.75) is 19.9 Å². The van der Waals surface area contributed by atoms with Crippen molar-refractivity contribution in [3.8, 4) is 0 Å². The highest BCUT2D eigenvalue weighted by Crippen LogP contribution is 2.14. The van der Waals surface area contributed by atoms with E-state index >= 15 is 0 Å². The van der Waals surface area contributed by atoms with Crippen molar-refractivity contribution in [2.24, 2.45) is 0 Å². The average molecular weight is 272 g/mol. The number of carbonyl (C=O) groups is 1. The molecule has 1 aromatic heterocycles.